The van der Waals surface area contributed by atoms with Gasteiger partial charge in [-0.2, -0.15) is 0 Å². The van der Waals surface area contributed by atoms with Gasteiger partial charge >= 0.3 is 0 Å². The molecule has 0 atom stereocenters. The Balaban J connectivity index is 1.79. The van der Waals surface area contributed by atoms with E-state index in [2.05, 4.69) is 20.5 Å². The third kappa shape index (κ3) is 2.19. The highest BCUT2D eigenvalue weighted by molar-refractivity contribution is 7.99. The Labute approximate surface area is 107 Å². The Kier molecular flexibility index (Phi) is 2.71. The minimum Gasteiger partial charge on any atom is -0.382 e. The van der Waals surface area contributed by atoms with Crippen LogP contribution in [0.1, 0.15) is 24.6 Å². The van der Waals surface area contributed by atoms with Crippen molar-refractivity contribution in [3.05, 3.63) is 24.0 Å². The molecule has 18 heavy (non-hydrogen) atoms. The molecule has 0 unspecified atom stereocenters. The predicted octanol–water partition coefficient (Wildman–Crippen LogP) is 0.838. The van der Waals surface area contributed by atoms with E-state index in [0.717, 1.165) is 22.9 Å². The first-order chi connectivity index (χ1) is 8.74. The minimum absolute atomic E-state index is 0.0330. The van der Waals surface area contributed by atoms with Crippen molar-refractivity contribution in [1.29, 1.82) is 5.41 Å². The van der Waals surface area contributed by atoms with Gasteiger partial charge in [-0.15, -0.1) is 5.10 Å². The summed E-state index contributed by atoms with van der Waals surface area (Å²) in [5.41, 5.74) is 5.82. The fraction of sp³-hybridized carbons (Fsp3) is 0.300. The Morgan fingerprint density at radius 3 is 2.89 bits per heavy atom. The summed E-state index contributed by atoms with van der Waals surface area (Å²) in [4.78, 5) is 5.03. The maximum absolute atomic E-state index is 7.27. The monoisotopic (exact) mass is 261 g/mol. The number of hydrogen-bond acceptors (Lipinski definition) is 6. The molecule has 0 aromatic carbocycles. The summed E-state index contributed by atoms with van der Waals surface area (Å²) in [7, 11) is 0. The second-order valence-electron chi connectivity index (χ2n) is 4.03. The number of tetrazole rings is 1. The summed E-state index contributed by atoms with van der Waals surface area (Å²) >= 11 is 1.46. The largest absolute Gasteiger partial charge is 0.382 e. The molecule has 0 bridgehead atoms. The second kappa shape index (κ2) is 4.37. The van der Waals surface area contributed by atoms with Crippen LogP contribution in [0.4, 0.5) is 0 Å². The molecule has 0 amide bonds. The SMILES string of the molecule is N=C(N)c1ccc(Sc2nnnn2C2CC2)cn1. The molecule has 7 nitrogen and oxygen atoms in total. The Morgan fingerprint density at radius 1 is 1.44 bits per heavy atom. The van der Waals surface area contributed by atoms with Gasteiger partial charge in [0, 0.05) is 11.1 Å². The van der Waals surface area contributed by atoms with Gasteiger partial charge in [0.2, 0.25) is 5.16 Å². The Hall–Kier alpha value is -1.96. The number of pyridine rings is 1. The molecule has 1 saturated carbocycles. The average Bonchev–Trinajstić information content (AvgIpc) is 3.11. The molecular formula is C10H11N7S. The van der Waals surface area contributed by atoms with Gasteiger partial charge in [0.15, 0.2) is 0 Å². The van der Waals surface area contributed by atoms with Gasteiger partial charge < -0.3 is 5.73 Å². The summed E-state index contributed by atoms with van der Waals surface area (Å²) < 4.78 is 1.85. The van der Waals surface area contributed by atoms with Crippen LogP contribution in [0.15, 0.2) is 28.4 Å². The lowest BCUT2D eigenvalue weighted by atomic mass is 10.3. The molecular weight excluding hydrogens is 250 g/mol. The lowest BCUT2D eigenvalue weighted by Crippen LogP contribution is -2.12. The summed E-state index contributed by atoms with van der Waals surface area (Å²) in [6, 6.07) is 4.03. The highest BCUT2D eigenvalue weighted by atomic mass is 32.2. The van der Waals surface area contributed by atoms with E-state index in [9.17, 15) is 0 Å². The van der Waals surface area contributed by atoms with Crippen LogP contribution >= 0.6 is 11.8 Å². The number of nitrogens with zero attached hydrogens (tertiary/aromatic N) is 5. The number of nitrogen functional groups attached to an aromatic ring is 1. The van der Waals surface area contributed by atoms with Crippen LogP contribution in [0.25, 0.3) is 0 Å². The van der Waals surface area contributed by atoms with Gasteiger partial charge in [-0.3, -0.25) is 10.4 Å². The van der Waals surface area contributed by atoms with E-state index in [0.29, 0.717) is 11.7 Å². The van der Waals surface area contributed by atoms with Crippen LogP contribution in [0.5, 0.6) is 0 Å². The first-order valence-corrected chi connectivity index (χ1v) is 6.32. The fourth-order valence-electron chi connectivity index (χ4n) is 1.51. The average molecular weight is 261 g/mol. The van der Waals surface area contributed by atoms with E-state index in [-0.39, 0.29) is 5.84 Å². The number of aromatic nitrogens is 5. The molecule has 1 fully saturated rings. The Bertz CT molecular complexity index is 572. The summed E-state index contributed by atoms with van der Waals surface area (Å²) in [6.07, 6.45) is 3.95. The van der Waals surface area contributed by atoms with Crippen LogP contribution in [-0.4, -0.2) is 31.0 Å². The maximum atomic E-state index is 7.27. The van der Waals surface area contributed by atoms with E-state index in [1.807, 2.05) is 10.7 Å². The molecule has 2 heterocycles. The van der Waals surface area contributed by atoms with Crippen LogP contribution in [0, 0.1) is 5.41 Å². The van der Waals surface area contributed by atoms with Crippen LogP contribution in [-0.2, 0) is 0 Å². The normalized spacial score (nSPS) is 14.7. The van der Waals surface area contributed by atoms with Gasteiger partial charge in [-0.05, 0) is 47.2 Å². The van der Waals surface area contributed by atoms with E-state index in [1.54, 1.807) is 12.3 Å². The zero-order valence-electron chi connectivity index (χ0n) is 9.45. The first kappa shape index (κ1) is 11.1. The first-order valence-electron chi connectivity index (χ1n) is 5.50. The van der Waals surface area contributed by atoms with Crippen molar-refractivity contribution < 1.29 is 0 Å². The van der Waals surface area contributed by atoms with Crippen LogP contribution < -0.4 is 5.73 Å². The molecule has 1 aliphatic carbocycles. The van der Waals surface area contributed by atoms with Crippen molar-refractivity contribution in [1.82, 2.24) is 25.2 Å². The van der Waals surface area contributed by atoms with Crippen molar-refractivity contribution in [2.24, 2.45) is 5.73 Å². The van der Waals surface area contributed by atoms with Gasteiger partial charge in [0.25, 0.3) is 0 Å². The number of hydrogen-bond donors (Lipinski definition) is 2. The van der Waals surface area contributed by atoms with Crippen molar-refractivity contribution in [3.63, 3.8) is 0 Å². The third-order valence-electron chi connectivity index (χ3n) is 2.58. The summed E-state index contributed by atoms with van der Waals surface area (Å²) in [5.74, 6) is -0.0330. The molecule has 0 aliphatic heterocycles. The second-order valence-corrected chi connectivity index (χ2v) is 5.07. The quantitative estimate of drug-likeness (QED) is 0.624. The van der Waals surface area contributed by atoms with Crippen molar-refractivity contribution in [3.8, 4) is 0 Å². The van der Waals surface area contributed by atoms with E-state index < -0.39 is 0 Å². The minimum atomic E-state index is -0.0330. The van der Waals surface area contributed by atoms with Crippen LogP contribution in [0.3, 0.4) is 0 Å². The van der Waals surface area contributed by atoms with E-state index in [1.165, 1.54) is 11.8 Å². The molecule has 1 aliphatic rings. The topological polar surface area (TPSA) is 106 Å². The van der Waals surface area contributed by atoms with E-state index >= 15 is 0 Å². The molecule has 3 N–H and O–H groups in total. The molecule has 0 radical (unpaired) electrons. The smallest absolute Gasteiger partial charge is 0.214 e. The number of nitrogens with two attached hydrogens (primary N) is 1. The standard InChI is InChI=1S/C10H11N7S/c11-9(12)8-4-3-7(5-13-8)18-10-14-15-16-17(10)6-1-2-6/h3-6H,1-2H2,(H3,11,12). The van der Waals surface area contributed by atoms with Gasteiger partial charge in [-0.25, -0.2) is 4.68 Å². The number of nitrogens with one attached hydrogen (secondary N) is 1. The molecule has 2 aromatic rings. The maximum Gasteiger partial charge on any atom is 0.214 e. The van der Waals surface area contributed by atoms with Crippen molar-refractivity contribution in [2.45, 2.75) is 28.9 Å². The van der Waals surface area contributed by atoms with Gasteiger partial charge in [0.05, 0.1) is 6.04 Å². The Morgan fingerprint density at radius 2 is 2.28 bits per heavy atom. The molecule has 0 saturated heterocycles. The predicted molar refractivity (Wildman–Crippen MR) is 65.5 cm³/mol. The lowest BCUT2D eigenvalue weighted by molar-refractivity contribution is 0.565. The van der Waals surface area contributed by atoms with Crippen molar-refractivity contribution in [2.75, 3.05) is 0 Å². The van der Waals surface area contributed by atoms with Gasteiger partial charge in [0.1, 0.15) is 11.5 Å². The van der Waals surface area contributed by atoms with Crippen molar-refractivity contribution >= 4 is 17.6 Å². The van der Waals surface area contributed by atoms with Crippen LogP contribution in [0.2, 0.25) is 0 Å². The summed E-state index contributed by atoms with van der Waals surface area (Å²) in [6.45, 7) is 0. The molecule has 0 spiro atoms. The number of rotatable bonds is 4. The fourth-order valence-corrected chi connectivity index (χ4v) is 2.32. The van der Waals surface area contributed by atoms with E-state index in [4.69, 9.17) is 11.1 Å². The molecule has 3 rings (SSSR count). The highest BCUT2D eigenvalue weighted by Crippen LogP contribution is 2.37. The number of amidine groups is 1. The molecule has 8 heteroatoms. The van der Waals surface area contributed by atoms with Gasteiger partial charge in [-0.1, -0.05) is 0 Å². The molecule has 2 aromatic heterocycles. The molecule has 92 valence electrons. The zero-order valence-corrected chi connectivity index (χ0v) is 10.3. The lowest BCUT2D eigenvalue weighted by Gasteiger charge is -2.02. The third-order valence-corrected chi connectivity index (χ3v) is 3.51. The highest BCUT2D eigenvalue weighted by Gasteiger charge is 2.28. The summed E-state index contributed by atoms with van der Waals surface area (Å²) in [5, 5.41) is 19.7. The zero-order chi connectivity index (χ0) is 12.5.